The van der Waals surface area contributed by atoms with Crippen molar-refractivity contribution in [1.82, 2.24) is 19.8 Å². The molecule has 2 fully saturated rings. The van der Waals surface area contributed by atoms with Crippen LogP contribution in [0.25, 0.3) is 0 Å². The molecular formula is C22H33N5O3. The molecule has 8 heteroatoms. The third-order valence-corrected chi connectivity index (χ3v) is 5.69. The van der Waals surface area contributed by atoms with Gasteiger partial charge in [0.2, 0.25) is 5.88 Å². The van der Waals surface area contributed by atoms with Gasteiger partial charge in [0.25, 0.3) is 0 Å². The van der Waals surface area contributed by atoms with Gasteiger partial charge < -0.3 is 14.4 Å². The second-order valence-electron chi connectivity index (χ2n) is 9.24. The van der Waals surface area contributed by atoms with Gasteiger partial charge in [-0.05, 0) is 59.3 Å². The minimum atomic E-state index is -0.449. The van der Waals surface area contributed by atoms with E-state index in [1.165, 1.54) is 0 Å². The Kier molecular flexibility index (Phi) is 7.14. The molecule has 8 nitrogen and oxygen atoms in total. The van der Waals surface area contributed by atoms with Crippen LogP contribution in [-0.4, -0.2) is 70.3 Å². The number of aryl methyl sites for hydroxylation is 1. The van der Waals surface area contributed by atoms with E-state index in [-0.39, 0.29) is 6.09 Å². The third kappa shape index (κ3) is 6.30. The maximum Gasteiger partial charge on any atom is 0.410 e. The van der Waals surface area contributed by atoms with Crippen molar-refractivity contribution in [2.75, 3.05) is 32.8 Å². The standard InChI is InChI=1S/C22H33N5O3/c1-16-24-18(14-23)13-20(25-16)29-15-17-5-7-19(8-6-17)26-9-11-27(12-10-26)21(28)30-22(2,3)4/h13,17,19H,5-12,15H2,1-4H3/t17-,19-. The van der Waals surface area contributed by atoms with Crippen LogP contribution in [0.4, 0.5) is 4.79 Å². The number of ether oxygens (including phenoxy) is 2. The topological polar surface area (TPSA) is 91.6 Å². The predicted molar refractivity (Wildman–Crippen MR) is 112 cm³/mol. The molecule has 30 heavy (non-hydrogen) atoms. The molecule has 0 bridgehead atoms. The number of aromatic nitrogens is 2. The van der Waals surface area contributed by atoms with E-state index in [1.807, 2.05) is 31.7 Å². The molecule has 1 amide bonds. The minimum absolute atomic E-state index is 0.206. The van der Waals surface area contributed by atoms with Crippen LogP contribution in [-0.2, 0) is 4.74 Å². The van der Waals surface area contributed by atoms with Crippen LogP contribution in [0.1, 0.15) is 58.0 Å². The number of nitriles is 1. The maximum atomic E-state index is 12.2. The SMILES string of the molecule is Cc1nc(C#N)cc(OC[C@H]2CC[C@H](N3CCN(C(=O)OC(C)(C)C)CC3)CC2)n1. The monoisotopic (exact) mass is 415 g/mol. The zero-order valence-electron chi connectivity index (χ0n) is 18.6. The first-order valence-electron chi connectivity index (χ1n) is 10.8. The molecule has 0 unspecified atom stereocenters. The van der Waals surface area contributed by atoms with Gasteiger partial charge in [-0.15, -0.1) is 0 Å². The average molecular weight is 416 g/mol. The van der Waals surface area contributed by atoms with Crippen molar-refractivity contribution in [3.05, 3.63) is 17.6 Å². The Morgan fingerprint density at radius 3 is 2.43 bits per heavy atom. The number of rotatable bonds is 4. The summed E-state index contributed by atoms with van der Waals surface area (Å²) in [5.41, 5.74) is -0.110. The molecule has 1 aromatic heterocycles. The number of hydrogen-bond acceptors (Lipinski definition) is 7. The van der Waals surface area contributed by atoms with Crippen molar-refractivity contribution < 1.29 is 14.3 Å². The van der Waals surface area contributed by atoms with Crippen LogP contribution < -0.4 is 4.74 Å². The van der Waals surface area contributed by atoms with Gasteiger partial charge >= 0.3 is 6.09 Å². The van der Waals surface area contributed by atoms with Gasteiger partial charge in [0.1, 0.15) is 23.2 Å². The number of piperazine rings is 1. The Balaban J connectivity index is 1.39. The molecule has 1 aliphatic heterocycles. The Hall–Kier alpha value is -2.40. The summed E-state index contributed by atoms with van der Waals surface area (Å²) < 4.78 is 11.3. The average Bonchev–Trinajstić information content (AvgIpc) is 2.71. The number of carbonyl (C=O) groups excluding carboxylic acids is 1. The van der Waals surface area contributed by atoms with Gasteiger partial charge in [-0.25, -0.2) is 9.78 Å². The summed E-state index contributed by atoms with van der Waals surface area (Å²) in [4.78, 5) is 24.9. The van der Waals surface area contributed by atoms with Crippen molar-refractivity contribution in [3.63, 3.8) is 0 Å². The maximum absolute atomic E-state index is 12.2. The van der Waals surface area contributed by atoms with Gasteiger partial charge in [-0.3, -0.25) is 4.90 Å². The van der Waals surface area contributed by atoms with Gasteiger partial charge in [0.05, 0.1) is 6.61 Å². The number of hydrogen-bond donors (Lipinski definition) is 0. The Labute approximate surface area is 179 Å². The van der Waals surface area contributed by atoms with Crippen LogP contribution in [0.15, 0.2) is 6.07 Å². The molecule has 2 heterocycles. The van der Waals surface area contributed by atoms with Crippen LogP contribution in [0.5, 0.6) is 5.88 Å². The van der Waals surface area contributed by atoms with E-state index >= 15 is 0 Å². The lowest BCUT2D eigenvalue weighted by atomic mass is 9.85. The van der Waals surface area contributed by atoms with Gasteiger partial charge in [-0.1, -0.05) is 0 Å². The van der Waals surface area contributed by atoms with Crippen molar-refractivity contribution in [2.45, 2.75) is 65.0 Å². The quantitative estimate of drug-likeness (QED) is 0.746. The summed E-state index contributed by atoms with van der Waals surface area (Å²) in [6, 6.07) is 4.22. The van der Waals surface area contributed by atoms with Gasteiger partial charge in [0, 0.05) is 38.3 Å². The van der Waals surface area contributed by atoms with Crippen LogP contribution >= 0.6 is 0 Å². The van der Waals surface area contributed by atoms with Crippen LogP contribution in [0, 0.1) is 24.2 Å². The molecule has 2 aliphatic rings. The van der Waals surface area contributed by atoms with E-state index in [0.717, 1.165) is 51.9 Å². The lowest BCUT2D eigenvalue weighted by Crippen LogP contribution is -2.53. The van der Waals surface area contributed by atoms with Crippen molar-refractivity contribution in [2.24, 2.45) is 5.92 Å². The second kappa shape index (κ2) is 9.61. The number of carbonyl (C=O) groups is 1. The first-order chi connectivity index (χ1) is 14.2. The summed E-state index contributed by atoms with van der Waals surface area (Å²) in [5, 5.41) is 9.02. The largest absolute Gasteiger partial charge is 0.477 e. The van der Waals surface area contributed by atoms with E-state index in [9.17, 15) is 4.79 Å². The smallest absolute Gasteiger partial charge is 0.410 e. The summed E-state index contributed by atoms with van der Waals surface area (Å²) in [6.45, 7) is 11.4. The fourth-order valence-corrected chi connectivity index (χ4v) is 4.15. The van der Waals surface area contributed by atoms with Crippen molar-refractivity contribution in [1.29, 1.82) is 5.26 Å². The Morgan fingerprint density at radius 2 is 1.83 bits per heavy atom. The zero-order chi connectivity index (χ0) is 21.7. The summed E-state index contributed by atoms with van der Waals surface area (Å²) in [6.07, 6.45) is 4.32. The lowest BCUT2D eigenvalue weighted by molar-refractivity contribution is 0.00650. The highest BCUT2D eigenvalue weighted by molar-refractivity contribution is 5.68. The second-order valence-corrected chi connectivity index (χ2v) is 9.24. The summed E-state index contributed by atoms with van der Waals surface area (Å²) in [5.74, 6) is 1.54. The minimum Gasteiger partial charge on any atom is -0.477 e. The summed E-state index contributed by atoms with van der Waals surface area (Å²) in [7, 11) is 0. The molecule has 0 atom stereocenters. The molecule has 0 N–H and O–H groups in total. The normalized spacial score (nSPS) is 23.0. The molecule has 0 aromatic carbocycles. The zero-order valence-corrected chi connectivity index (χ0v) is 18.6. The molecule has 3 rings (SSSR count). The van der Waals surface area contributed by atoms with Gasteiger partial charge in [-0.2, -0.15) is 10.2 Å². The van der Waals surface area contributed by atoms with Gasteiger partial charge in [0.15, 0.2) is 0 Å². The first-order valence-corrected chi connectivity index (χ1v) is 10.8. The van der Waals surface area contributed by atoms with E-state index in [4.69, 9.17) is 14.7 Å². The molecule has 1 aromatic rings. The van der Waals surface area contributed by atoms with E-state index in [1.54, 1.807) is 13.0 Å². The Morgan fingerprint density at radius 1 is 1.17 bits per heavy atom. The fourth-order valence-electron chi connectivity index (χ4n) is 4.15. The Bertz CT molecular complexity index is 770. The molecule has 1 saturated carbocycles. The highest BCUT2D eigenvalue weighted by atomic mass is 16.6. The fraction of sp³-hybridized carbons (Fsp3) is 0.727. The molecule has 1 aliphatic carbocycles. The highest BCUT2D eigenvalue weighted by Crippen LogP contribution is 2.29. The van der Waals surface area contributed by atoms with Crippen LogP contribution in [0.3, 0.4) is 0 Å². The lowest BCUT2D eigenvalue weighted by Gasteiger charge is -2.42. The first kappa shape index (κ1) is 22.3. The van der Waals surface area contributed by atoms with E-state index < -0.39 is 5.60 Å². The number of nitrogens with zero attached hydrogens (tertiary/aromatic N) is 5. The number of amides is 1. The van der Waals surface area contributed by atoms with Crippen LogP contribution in [0.2, 0.25) is 0 Å². The predicted octanol–water partition coefficient (Wildman–Crippen LogP) is 3.15. The third-order valence-electron chi connectivity index (χ3n) is 5.69. The molecular weight excluding hydrogens is 382 g/mol. The van der Waals surface area contributed by atoms with Crippen molar-refractivity contribution in [3.8, 4) is 11.9 Å². The van der Waals surface area contributed by atoms with E-state index in [0.29, 0.717) is 36.0 Å². The summed E-state index contributed by atoms with van der Waals surface area (Å²) >= 11 is 0. The molecule has 1 saturated heterocycles. The van der Waals surface area contributed by atoms with Crippen molar-refractivity contribution >= 4 is 6.09 Å². The molecule has 0 spiro atoms. The highest BCUT2D eigenvalue weighted by Gasteiger charge is 2.31. The molecule has 164 valence electrons. The van der Waals surface area contributed by atoms with E-state index in [2.05, 4.69) is 14.9 Å². The molecule has 0 radical (unpaired) electrons.